The topological polar surface area (TPSA) is 44.7 Å². The predicted octanol–water partition coefficient (Wildman–Crippen LogP) is 3.48. The molecule has 140 valence electrons. The Hall–Kier alpha value is -2.25. The number of piperazine rings is 1. The van der Waals surface area contributed by atoms with E-state index in [1.165, 1.54) is 23.1 Å². The van der Waals surface area contributed by atoms with E-state index < -0.39 is 18.0 Å². The molecule has 1 atom stereocenters. The molecule has 26 heavy (non-hydrogen) atoms. The van der Waals surface area contributed by atoms with Gasteiger partial charge in [-0.05, 0) is 17.7 Å². The molecule has 1 fully saturated rings. The average Bonchev–Trinajstić information content (AvgIpc) is 2.62. The van der Waals surface area contributed by atoms with Crippen LogP contribution in [0.2, 0.25) is 0 Å². The van der Waals surface area contributed by atoms with Crippen LogP contribution in [0.1, 0.15) is 17.2 Å². The summed E-state index contributed by atoms with van der Waals surface area (Å²) < 4.78 is 46.5. The molecule has 2 aromatic rings. The zero-order valence-electron chi connectivity index (χ0n) is 14.2. The molecule has 7 heteroatoms. The molecule has 1 aliphatic heterocycles. The number of rotatable bonds is 5. The number of nitrogens with one attached hydrogen (secondary N) is 1. The molecule has 1 aliphatic rings. The van der Waals surface area contributed by atoms with Gasteiger partial charge in [-0.1, -0.05) is 30.3 Å². The van der Waals surface area contributed by atoms with Gasteiger partial charge < -0.3 is 15.2 Å². The Balaban J connectivity index is 1.78. The molecule has 2 N–H and O–H groups in total. The highest BCUT2D eigenvalue weighted by Crippen LogP contribution is 2.42. The molecule has 2 aromatic carbocycles. The molecule has 0 spiro atoms. The molecule has 1 saturated heterocycles. The first-order valence-corrected chi connectivity index (χ1v) is 8.46. The monoisotopic (exact) mass is 366 g/mol. The zero-order chi connectivity index (χ0) is 18.6. The number of phenolic OH excluding ortho intramolecular Hbond substituents is 1. The second kappa shape index (κ2) is 7.97. The SMILES string of the molecule is Oc1cc(OCc2ccccc2)ccc1[C@H](N1CCNCC1)C(F)(F)F. The Morgan fingerprint density at radius 3 is 2.38 bits per heavy atom. The van der Waals surface area contributed by atoms with Crippen LogP contribution >= 0.6 is 0 Å². The fraction of sp³-hybridized carbons (Fsp3) is 0.368. The maximum absolute atomic E-state index is 13.6. The summed E-state index contributed by atoms with van der Waals surface area (Å²) in [5.41, 5.74) is 0.788. The maximum Gasteiger partial charge on any atom is 0.408 e. The standard InChI is InChI=1S/C19H21F3N2O2/c20-19(21,22)18(24-10-8-23-9-11-24)16-7-6-15(12-17(16)25)26-13-14-4-2-1-3-5-14/h1-7,12,18,23,25H,8-11,13H2/t18-/m0/s1. The van der Waals surface area contributed by atoms with E-state index >= 15 is 0 Å². The van der Waals surface area contributed by atoms with Crippen molar-refractivity contribution in [1.82, 2.24) is 10.2 Å². The summed E-state index contributed by atoms with van der Waals surface area (Å²) in [5, 5.41) is 13.3. The van der Waals surface area contributed by atoms with Crippen molar-refractivity contribution >= 4 is 0 Å². The third-order valence-corrected chi connectivity index (χ3v) is 4.37. The van der Waals surface area contributed by atoms with Crippen LogP contribution in [0.25, 0.3) is 0 Å². The number of phenols is 1. The number of ether oxygens (including phenoxy) is 1. The summed E-state index contributed by atoms with van der Waals surface area (Å²) in [6, 6.07) is 11.6. The predicted molar refractivity (Wildman–Crippen MR) is 92.1 cm³/mol. The van der Waals surface area contributed by atoms with Crippen molar-refractivity contribution in [3.8, 4) is 11.5 Å². The van der Waals surface area contributed by atoms with Crippen molar-refractivity contribution in [1.29, 1.82) is 0 Å². The number of hydrogen-bond acceptors (Lipinski definition) is 4. The molecule has 0 aliphatic carbocycles. The lowest BCUT2D eigenvalue weighted by atomic mass is 10.0. The lowest BCUT2D eigenvalue weighted by Crippen LogP contribution is -2.49. The average molecular weight is 366 g/mol. The summed E-state index contributed by atoms with van der Waals surface area (Å²) in [6.45, 7) is 1.81. The summed E-state index contributed by atoms with van der Waals surface area (Å²) in [7, 11) is 0. The second-order valence-corrected chi connectivity index (χ2v) is 6.23. The third-order valence-electron chi connectivity index (χ3n) is 4.37. The van der Waals surface area contributed by atoms with Gasteiger partial charge in [-0.3, -0.25) is 4.90 Å². The highest BCUT2D eigenvalue weighted by Gasteiger charge is 2.46. The fourth-order valence-corrected chi connectivity index (χ4v) is 3.11. The van der Waals surface area contributed by atoms with Crippen LogP contribution in [0.3, 0.4) is 0 Å². The van der Waals surface area contributed by atoms with E-state index in [0.717, 1.165) is 5.56 Å². The maximum atomic E-state index is 13.6. The first-order chi connectivity index (χ1) is 12.4. The largest absolute Gasteiger partial charge is 0.507 e. The first kappa shape index (κ1) is 18.5. The molecule has 3 rings (SSSR count). The summed E-state index contributed by atoms with van der Waals surface area (Å²) in [6.07, 6.45) is -4.47. The van der Waals surface area contributed by atoms with Gasteiger partial charge in [0.1, 0.15) is 24.1 Å². The van der Waals surface area contributed by atoms with Crippen LogP contribution in [0, 0.1) is 0 Å². The molecule has 1 heterocycles. The quantitative estimate of drug-likeness (QED) is 0.851. The molecular weight excluding hydrogens is 345 g/mol. The lowest BCUT2D eigenvalue weighted by Gasteiger charge is -2.36. The van der Waals surface area contributed by atoms with Crippen molar-refractivity contribution in [3.05, 3.63) is 59.7 Å². The summed E-state index contributed by atoms with van der Waals surface area (Å²) >= 11 is 0. The molecule has 0 saturated carbocycles. The van der Waals surface area contributed by atoms with Crippen LogP contribution in [-0.4, -0.2) is 42.4 Å². The van der Waals surface area contributed by atoms with E-state index in [-0.39, 0.29) is 25.3 Å². The van der Waals surface area contributed by atoms with Crippen molar-refractivity contribution in [2.75, 3.05) is 26.2 Å². The smallest absolute Gasteiger partial charge is 0.408 e. The van der Waals surface area contributed by atoms with E-state index in [2.05, 4.69) is 5.32 Å². The lowest BCUT2D eigenvalue weighted by molar-refractivity contribution is -0.188. The van der Waals surface area contributed by atoms with E-state index in [1.807, 2.05) is 30.3 Å². The number of nitrogens with zero attached hydrogens (tertiary/aromatic N) is 1. The molecule has 4 nitrogen and oxygen atoms in total. The van der Waals surface area contributed by atoms with Crippen LogP contribution in [0.15, 0.2) is 48.5 Å². The van der Waals surface area contributed by atoms with E-state index in [0.29, 0.717) is 18.8 Å². The van der Waals surface area contributed by atoms with Crippen LogP contribution in [0.5, 0.6) is 11.5 Å². The third kappa shape index (κ3) is 4.47. The zero-order valence-corrected chi connectivity index (χ0v) is 14.2. The van der Waals surface area contributed by atoms with Crippen LogP contribution in [0.4, 0.5) is 13.2 Å². The van der Waals surface area contributed by atoms with Crippen molar-refractivity contribution in [3.63, 3.8) is 0 Å². The molecular formula is C19H21F3N2O2. The molecule has 0 bridgehead atoms. The highest BCUT2D eigenvalue weighted by molar-refractivity contribution is 5.42. The molecule has 0 amide bonds. The van der Waals surface area contributed by atoms with Crippen LogP contribution in [-0.2, 0) is 6.61 Å². The number of hydrogen-bond donors (Lipinski definition) is 2. The van der Waals surface area contributed by atoms with Crippen molar-refractivity contribution in [2.45, 2.75) is 18.8 Å². The first-order valence-electron chi connectivity index (χ1n) is 8.46. The minimum absolute atomic E-state index is 0.147. The number of alkyl halides is 3. The normalized spacial score (nSPS) is 17.0. The van der Waals surface area contributed by atoms with Crippen LogP contribution < -0.4 is 10.1 Å². The van der Waals surface area contributed by atoms with E-state index in [4.69, 9.17) is 4.74 Å². The minimum Gasteiger partial charge on any atom is -0.507 e. The van der Waals surface area contributed by atoms with Crippen molar-refractivity contribution < 1.29 is 23.0 Å². The fourth-order valence-electron chi connectivity index (χ4n) is 3.11. The van der Waals surface area contributed by atoms with Gasteiger partial charge in [-0.25, -0.2) is 0 Å². The van der Waals surface area contributed by atoms with Gasteiger partial charge in [-0.15, -0.1) is 0 Å². The minimum atomic E-state index is -4.47. The molecule has 0 aromatic heterocycles. The van der Waals surface area contributed by atoms with Gasteiger partial charge in [0.05, 0.1) is 0 Å². The Bertz CT molecular complexity index is 716. The van der Waals surface area contributed by atoms with Gasteiger partial charge in [0.15, 0.2) is 0 Å². The second-order valence-electron chi connectivity index (χ2n) is 6.23. The van der Waals surface area contributed by atoms with E-state index in [9.17, 15) is 18.3 Å². The van der Waals surface area contributed by atoms with Gasteiger partial charge in [0.2, 0.25) is 0 Å². The highest BCUT2D eigenvalue weighted by atomic mass is 19.4. The van der Waals surface area contributed by atoms with Crippen molar-refractivity contribution in [2.24, 2.45) is 0 Å². The van der Waals surface area contributed by atoms with E-state index in [1.54, 1.807) is 0 Å². The number of benzene rings is 2. The Labute approximate surface area is 150 Å². The molecule has 0 unspecified atom stereocenters. The van der Waals surface area contributed by atoms with Gasteiger partial charge in [-0.2, -0.15) is 13.2 Å². The summed E-state index contributed by atoms with van der Waals surface area (Å²) in [4.78, 5) is 1.34. The van der Waals surface area contributed by atoms with Gasteiger partial charge >= 0.3 is 6.18 Å². The number of halogens is 3. The Kier molecular flexibility index (Phi) is 5.68. The number of aromatic hydroxyl groups is 1. The molecule has 0 radical (unpaired) electrons. The summed E-state index contributed by atoms with van der Waals surface area (Å²) in [5.74, 6) is -0.0762. The van der Waals surface area contributed by atoms with Gasteiger partial charge in [0.25, 0.3) is 0 Å². The Morgan fingerprint density at radius 2 is 1.77 bits per heavy atom. The Morgan fingerprint density at radius 1 is 1.08 bits per heavy atom. The van der Waals surface area contributed by atoms with Gasteiger partial charge in [0, 0.05) is 37.8 Å².